The van der Waals surface area contributed by atoms with E-state index in [0.29, 0.717) is 41.2 Å². The van der Waals surface area contributed by atoms with Gasteiger partial charge in [-0.1, -0.05) is 75.6 Å². The maximum Gasteiger partial charge on any atom is 0.252 e. The van der Waals surface area contributed by atoms with Crippen molar-refractivity contribution in [3.8, 4) is 5.75 Å². The lowest BCUT2D eigenvalue weighted by atomic mass is 9.81. The van der Waals surface area contributed by atoms with Crippen LogP contribution in [0.5, 0.6) is 5.75 Å². The molecule has 2 atom stereocenters. The van der Waals surface area contributed by atoms with Gasteiger partial charge >= 0.3 is 0 Å². The maximum absolute atomic E-state index is 14.4. The molecule has 5 rings (SSSR count). The molecule has 0 aliphatic carbocycles. The quantitative estimate of drug-likeness (QED) is 0.0728. The van der Waals surface area contributed by atoms with Gasteiger partial charge in [0.25, 0.3) is 5.91 Å². The Labute approximate surface area is 262 Å². The van der Waals surface area contributed by atoms with E-state index >= 15 is 0 Å². The van der Waals surface area contributed by atoms with Crippen LogP contribution < -0.4 is 10.1 Å². The van der Waals surface area contributed by atoms with Gasteiger partial charge in [-0.3, -0.25) is 4.79 Å². The van der Waals surface area contributed by atoms with Gasteiger partial charge < -0.3 is 19.9 Å². The lowest BCUT2D eigenvalue weighted by Gasteiger charge is -2.31. The summed E-state index contributed by atoms with van der Waals surface area (Å²) in [6.07, 6.45) is -0.320. The highest BCUT2D eigenvalue weighted by Gasteiger charge is 2.54. The molecular formula is C33H29BrFN5O4. The number of hydrogen-bond acceptors (Lipinski definition) is 6. The molecule has 224 valence electrons. The van der Waals surface area contributed by atoms with Crippen LogP contribution in [0.4, 0.5) is 10.1 Å². The zero-order chi connectivity index (χ0) is 30.9. The Bertz CT molecular complexity index is 1690. The standard InChI is InChI=1S/C33H29BrFN5O4/c34-28-8-3-1-6-24(28)20-33(32(42)37-21-22-10-14-25(35)15-11-22)30(27-7-2-4-9-29(27)39-40-36)44-31(38-33)23-12-16-26(17-13-23)43-19-5-18-41/h1-4,6-17,30,41H,5,18-21H2,(H,37,42)/t30-,33-/m1/s1. The third kappa shape index (κ3) is 6.92. The number of ether oxygens (including phenoxy) is 2. The molecule has 0 fully saturated rings. The minimum atomic E-state index is -1.53. The molecule has 1 aliphatic heterocycles. The smallest absolute Gasteiger partial charge is 0.252 e. The van der Waals surface area contributed by atoms with Crippen molar-refractivity contribution in [2.75, 3.05) is 13.2 Å². The molecule has 2 N–H and O–H groups in total. The predicted molar refractivity (Wildman–Crippen MR) is 168 cm³/mol. The number of aliphatic hydroxyl groups is 1. The van der Waals surface area contributed by atoms with Gasteiger partial charge in [0.15, 0.2) is 11.6 Å². The summed E-state index contributed by atoms with van der Waals surface area (Å²) in [7, 11) is 0. The number of halogens is 2. The van der Waals surface area contributed by atoms with Crippen molar-refractivity contribution in [1.29, 1.82) is 0 Å². The molecule has 1 heterocycles. The Morgan fingerprint density at radius 1 is 1.07 bits per heavy atom. The predicted octanol–water partition coefficient (Wildman–Crippen LogP) is 7.11. The Morgan fingerprint density at radius 2 is 1.80 bits per heavy atom. The van der Waals surface area contributed by atoms with Gasteiger partial charge in [-0.05, 0) is 59.1 Å². The van der Waals surface area contributed by atoms with Crippen molar-refractivity contribution < 1.29 is 23.8 Å². The van der Waals surface area contributed by atoms with E-state index in [-0.39, 0.29) is 31.3 Å². The van der Waals surface area contributed by atoms with E-state index in [1.165, 1.54) is 12.1 Å². The molecule has 1 aliphatic rings. The zero-order valence-electron chi connectivity index (χ0n) is 23.6. The molecule has 44 heavy (non-hydrogen) atoms. The summed E-state index contributed by atoms with van der Waals surface area (Å²) in [6.45, 7) is 0.533. The number of azide groups is 1. The average molecular weight is 659 g/mol. The minimum absolute atomic E-state index is 0.0320. The highest BCUT2D eigenvalue weighted by Crippen LogP contribution is 2.46. The average Bonchev–Trinajstić information content (AvgIpc) is 3.43. The number of carbonyl (C=O) groups is 1. The molecule has 1 amide bonds. The summed E-state index contributed by atoms with van der Waals surface area (Å²) in [5.74, 6) is 0.0555. The van der Waals surface area contributed by atoms with Gasteiger partial charge in [0.05, 0.1) is 6.61 Å². The van der Waals surface area contributed by atoms with Crippen LogP contribution in [0.3, 0.4) is 0 Å². The van der Waals surface area contributed by atoms with Gasteiger partial charge in [0.1, 0.15) is 11.6 Å². The van der Waals surface area contributed by atoms with Gasteiger partial charge in [-0.15, -0.1) is 0 Å². The molecule has 0 saturated heterocycles. The van der Waals surface area contributed by atoms with E-state index < -0.39 is 17.6 Å². The number of nitrogens with zero attached hydrogens (tertiary/aromatic N) is 4. The Balaban J connectivity index is 1.60. The Morgan fingerprint density at radius 3 is 2.52 bits per heavy atom. The van der Waals surface area contributed by atoms with Gasteiger partial charge in [-0.25, -0.2) is 9.38 Å². The van der Waals surface area contributed by atoms with Crippen LogP contribution in [0.2, 0.25) is 0 Å². The third-order valence-corrected chi connectivity index (χ3v) is 7.96. The maximum atomic E-state index is 14.4. The van der Waals surface area contributed by atoms with E-state index in [4.69, 9.17) is 19.6 Å². The second-order valence-corrected chi connectivity index (χ2v) is 11.0. The summed E-state index contributed by atoms with van der Waals surface area (Å²) in [5.41, 5.74) is 10.7. The molecule has 11 heteroatoms. The van der Waals surface area contributed by atoms with Crippen molar-refractivity contribution in [3.05, 3.63) is 140 Å². The fraction of sp³-hybridized carbons (Fsp3) is 0.212. The van der Waals surface area contributed by atoms with Crippen LogP contribution in [0.25, 0.3) is 10.4 Å². The summed E-state index contributed by atoms with van der Waals surface area (Å²) >= 11 is 3.62. The first-order valence-corrected chi connectivity index (χ1v) is 14.7. The van der Waals surface area contributed by atoms with E-state index in [1.807, 2.05) is 24.3 Å². The first kappa shape index (κ1) is 30.7. The van der Waals surface area contributed by atoms with Crippen LogP contribution >= 0.6 is 15.9 Å². The summed E-state index contributed by atoms with van der Waals surface area (Å²) in [5, 5.41) is 15.9. The fourth-order valence-corrected chi connectivity index (χ4v) is 5.40. The van der Waals surface area contributed by atoms with Crippen molar-refractivity contribution in [2.24, 2.45) is 10.1 Å². The van der Waals surface area contributed by atoms with Gasteiger partial charge in [0, 0.05) is 52.2 Å². The largest absolute Gasteiger partial charge is 0.494 e. The van der Waals surface area contributed by atoms with E-state index in [9.17, 15) is 14.7 Å². The molecule has 4 aromatic carbocycles. The number of nitrogens with one attached hydrogen (secondary N) is 1. The highest BCUT2D eigenvalue weighted by molar-refractivity contribution is 9.10. The van der Waals surface area contributed by atoms with E-state index in [1.54, 1.807) is 60.7 Å². The molecule has 0 spiro atoms. The zero-order valence-corrected chi connectivity index (χ0v) is 25.2. The summed E-state index contributed by atoms with van der Waals surface area (Å²) < 4.78 is 26.5. The molecule has 9 nitrogen and oxygen atoms in total. The van der Waals surface area contributed by atoms with Crippen LogP contribution in [0.15, 0.2) is 112 Å². The second kappa shape index (κ2) is 14.2. The molecule has 0 saturated carbocycles. The third-order valence-electron chi connectivity index (χ3n) is 7.19. The number of benzene rings is 4. The highest BCUT2D eigenvalue weighted by atomic mass is 79.9. The van der Waals surface area contributed by atoms with Gasteiger partial charge in [-0.2, -0.15) is 0 Å². The van der Waals surface area contributed by atoms with Crippen molar-refractivity contribution in [2.45, 2.75) is 31.0 Å². The number of aliphatic imine (C=N–C) groups is 1. The van der Waals surface area contributed by atoms with E-state index in [0.717, 1.165) is 10.0 Å². The summed E-state index contributed by atoms with van der Waals surface area (Å²) in [6, 6.07) is 27.5. The van der Waals surface area contributed by atoms with Crippen molar-refractivity contribution >= 4 is 33.4 Å². The number of aliphatic hydroxyl groups excluding tert-OH is 1. The summed E-state index contributed by atoms with van der Waals surface area (Å²) in [4.78, 5) is 22.4. The molecule has 0 aromatic heterocycles. The van der Waals surface area contributed by atoms with Gasteiger partial charge in [0.2, 0.25) is 5.90 Å². The lowest BCUT2D eigenvalue weighted by Crippen LogP contribution is -2.49. The molecule has 0 radical (unpaired) electrons. The molecular weight excluding hydrogens is 629 g/mol. The van der Waals surface area contributed by atoms with Crippen LogP contribution in [0, 0.1) is 5.82 Å². The monoisotopic (exact) mass is 657 g/mol. The first-order chi connectivity index (χ1) is 21.4. The van der Waals surface area contributed by atoms with E-state index in [2.05, 4.69) is 31.3 Å². The SMILES string of the molecule is [N-]=[N+]=Nc1ccccc1[C@H]1OC(c2ccc(OCCCO)cc2)=N[C@@]1(Cc1ccccc1Br)C(=O)NCc1ccc(F)cc1. The number of amides is 1. The molecule has 4 aromatic rings. The first-order valence-electron chi connectivity index (χ1n) is 13.9. The normalized spacial score (nSPS) is 17.2. The van der Waals surface area contributed by atoms with Crippen molar-refractivity contribution in [3.63, 3.8) is 0 Å². The minimum Gasteiger partial charge on any atom is -0.494 e. The Hall–Kier alpha value is -4.70. The van der Waals surface area contributed by atoms with Crippen molar-refractivity contribution in [1.82, 2.24) is 5.32 Å². The second-order valence-electron chi connectivity index (χ2n) is 10.1. The number of carbonyl (C=O) groups excluding carboxylic acids is 1. The fourth-order valence-electron chi connectivity index (χ4n) is 4.98. The number of hydrogen-bond donors (Lipinski definition) is 2. The van der Waals surface area contributed by atoms with Crippen LogP contribution in [-0.4, -0.2) is 35.7 Å². The van der Waals surface area contributed by atoms with Crippen LogP contribution in [-0.2, 0) is 22.5 Å². The van der Waals surface area contributed by atoms with Crippen LogP contribution in [0.1, 0.15) is 34.8 Å². The Kier molecular flexibility index (Phi) is 9.91. The molecule has 0 bridgehead atoms. The molecule has 0 unspecified atom stereocenters. The topological polar surface area (TPSA) is 129 Å². The lowest BCUT2D eigenvalue weighted by molar-refractivity contribution is -0.129. The number of rotatable bonds is 12.